The van der Waals surface area contributed by atoms with Gasteiger partial charge in [0, 0.05) is 12.8 Å². The molecule has 0 aliphatic carbocycles. The molecule has 0 N–H and O–H groups in total. The maximum Gasteiger partial charge on any atom is 0.306 e. The van der Waals surface area contributed by atoms with Crippen LogP contribution in [0.4, 0.5) is 0 Å². The van der Waals surface area contributed by atoms with Crippen molar-refractivity contribution in [2.24, 2.45) is 0 Å². The zero-order chi connectivity index (χ0) is 11.2. The molecule has 1 aromatic rings. The van der Waals surface area contributed by atoms with Gasteiger partial charge in [-0.15, -0.1) is 0 Å². The van der Waals surface area contributed by atoms with Gasteiger partial charge in [-0.2, -0.15) is 0 Å². The lowest BCUT2D eigenvalue weighted by atomic mass is 10.1. The summed E-state index contributed by atoms with van der Waals surface area (Å²) in [6, 6.07) is 9.96. The molecule has 0 spiro atoms. The molecule has 0 bridgehead atoms. The molecule has 1 fully saturated rings. The van der Waals surface area contributed by atoms with Crippen molar-refractivity contribution in [1.29, 1.82) is 0 Å². The van der Waals surface area contributed by atoms with Gasteiger partial charge in [0.2, 0.25) is 0 Å². The third kappa shape index (κ3) is 4.03. The summed E-state index contributed by atoms with van der Waals surface area (Å²) in [4.78, 5) is 11.4. The van der Waals surface area contributed by atoms with E-state index in [-0.39, 0.29) is 5.97 Å². The van der Waals surface area contributed by atoms with Crippen LogP contribution >= 0.6 is 0 Å². The molecule has 0 aromatic heterocycles. The average molecular weight is 220 g/mol. The fourth-order valence-corrected chi connectivity index (χ4v) is 1.50. The van der Waals surface area contributed by atoms with E-state index in [1.54, 1.807) is 0 Å². The van der Waals surface area contributed by atoms with Crippen LogP contribution in [0.25, 0.3) is 0 Å². The molecule has 3 heteroatoms. The van der Waals surface area contributed by atoms with Gasteiger partial charge < -0.3 is 9.47 Å². The van der Waals surface area contributed by atoms with E-state index < -0.39 is 0 Å². The fraction of sp³-hybridized carbons (Fsp3) is 0.462. The van der Waals surface area contributed by atoms with E-state index in [9.17, 15) is 4.79 Å². The van der Waals surface area contributed by atoms with Crippen molar-refractivity contribution in [3.8, 4) is 0 Å². The summed E-state index contributed by atoms with van der Waals surface area (Å²) < 4.78 is 10.1. The largest absolute Gasteiger partial charge is 0.466 e. The van der Waals surface area contributed by atoms with Gasteiger partial charge in [-0.1, -0.05) is 30.3 Å². The number of epoxide rings is 1. The summed E-state index contributed by atoms with van der Waals surface area (Å²) in [6.07, 6.45) is 2.37. The Hall–Kier alpha value is -1.35. The third-order valence-corrected chi connectivity index (χ3v) is 2.57. The van der Waals surface area contributed by atoms with Crippen LogP contribution in [0.5, 0.6) is 0 Å². The molecular formula is C13H16O3. The molecule has 86 valence electrons. The van der Waals surface area contributed by atoms with E-state index in [0.717, 1.165) is 19.4 Å². The highest BCUT2D eigenvalue weighted by atomic mass is 16.6. The van der Waals surface area contributed by atoms with Crippen LogP contribution in [0.1, 0.15) is 18.4 Å². The van der Waals surface area contributed by atoms with Gasteiger partial charge in [0.25, 0.3) is 0 Å². The first-order chi connectivity index (χ1) is 7.84. The third-order valence-electron chi connectivity index (χ3n) is 2.57. The Morgan fingerprint density at radius 1 is 1.38 bits per heavy atom. The summed E-state index contributed by atoms with van der Waals surface area (Å²) in [6.45, 7) is 1.31. The minimum atomic E-state index is -0.121. The van der Waals surface area contributed by atoms with Crippen LogP contribution in [0, 0.1) is 0 Å². The van der Waals surface area contributed by atoms with Gasteiger partial charge >= 0.3 is 5.97 Å². The highest BCUT2D eigenvalue weighted by Crippen LogP contribution is 2.13. The molecule has 0 amide bonds. The zero-order valence-corrected chi connectivity index (χ0v) is 9.22. The smallest absolute Gasteiger partial charge is 0.306 e. The number of carbonyl (C=O) groups is 1. The van der Waals surface area contributed by atoms with Crippen molar-refractivity contribution >= 4 is 5.97 Å². The SMILES string of the molecule is O=C(CCc1ccccc1)OCCC1CO1. The summed E-state index contributed by atoms with van der Waals surface area (Å²) in [5.41, 5.74) is 1.17. The van der Waals surface area contributed by atoms with Crippen molar-refractivity contribution in [2.45, 2.75) is 25.4 Å². The number of benzene rings is 1. The Labute approximate surface area is 95.4 Å². The molecule has 16 heavy (non-hydrogen) atoms. The lowest BCUT2D eigenvalue weighted by molar-refractivity contribution is -0.143. The Kier molecular flexibility index (Phi) is 3.94. The molecule has 2 rings (SSSR count). The molecule has 0 saturated carbocycles. The molecule has 1 heterocycles. The first-order valence-electron chi connectivity index (χ1n) is 5.66. The number of hydrogen-bond donors (Lipinski definition) is 0. The molecule has 1 unspecified atom stereocenters. The molecule has 1 aromatic carbocycles. The van der Waals surface area contributed by atoms with Gasteiger partial charge in [-0.25, -0.2) is 0 Å². The van der Waals surface area contributed by atoms with Crippen LogP contribution in [0.2, 0.25) is 0 Å². The van der Waals surface area contributed by atoms with Gasteiger partial charge in [0.1, 0.15) is 0 Å². The maximum atomic E-state index is 11.4. The fourth-order valence-electron chi connectivity index (χ4n) is 1.50. The van der Waals surface area contributed by atoms with Gasteiger partial charge in [0.15, 0.2) is 0 Å². The summed E-state index contributed by atoms with van der Waals surface area (Å²) in [5.74, 6) is -0.121. The van der Waals surface area contributed by atoms with E-state index in [1.807, 2.05) is 30.3 Å². The topological polar surface area (TPSA) is 38.8 Å². The first kappa shape index (κ1) is 11.1. The van der Waals surface area contributed by atoms with E-state index in [1.165, 1.54) is 5.56 Å². The Morgan fingerprint density at radius 3 is 2.81 bits per heavy atom. The molecule has 1 atom stereocenters. The summed E-state index contributed by atoms with van der Waals surface area (Å²) in [7, 11) is 0. The Balaban J connectivity index is 1.59. The van der Waals surface area contributed by atoms with Crippen molar-refractivity contribution in [2.75, 3.05) is 13.2 Å². The van der Waals surface area contributed by atoms with Crippen molar-refractivity contribution < 1.29 is 14.3 Å². The number of rotatable bonds is 6. The highest BCUT2D eigenvalue weighted by molar-refractivity contribution is 5.69. The molecule has 1 aliphatic rings. The minimum Gasteiger partial charge on any atom is -0.466 e. The van der Waals surface area contributed by atoms with Crippen LogP contribution in [0.15, 0.2) is 30.3 Å². The number of aryl methyl sites for hydroxylation is 1. The number of esters is 1. The molecule has 3 nitrogen and oxygen atoms in total. The van der Waals surface area contributed by atoms with Crippen molar-refractivity contribution in [1.82, 2.24) is 0 Å². The molecule has 1 aliphatic heterocycles. The second-order valence-corrected chi connectivity index (χ2v) is 3.95. The summed E-state index contributed by atoms with van der Waals surface area (Å²) in [5, 5.41) is 0. The predicted octanol–water partition coefficient (Wildman–Crippen LogP) is 1.95. The maximum absolute atomic E-state index is 11.4. The van der Waals surface area contributed by atoms with Crippen LogP contribution in [-0.4, -0.2) is 25.3 Å². The average Bonchev–Trinajstić information content (AvgIpc) is 3.12. The van der Waals surface area contributed by atoms with Crippen molar-refractivity contribution in [3.05, 3.63) is 35.9 Å². The van der Waals surface area contributed by atoms with Crippen LogP contribution in [0.3, 0.4) is 0 Å². The zero-order valence-electron chi connectivity index (χ0n) is 9.22. The lowest BCUT2D eigenvalue weighted by Gasteiger charge is -2.03. The second kappa shape index (κ2) is 5.66. The normalized spacial score (nSPS) is 18.1. The highest BCUT2D eigenvalue weighted by Gasteiger charge is 2.22. The van der Waals surface area contributed by atoms with Gasteiger partial charge in [-0.3, -0.25) is 4.79 Å². The van der Waals surface area contributed by atoms with Gasteiger partial charge in [0.05, 0.1) is 19.3 Å². The molecule has 0 radical (unpaired) electrons. The monoisotopic (exact) mass is 220 g/mol. The quantitative estimate of drug-likeness (QED) is 0.543. The van der Waals surface area contributed by atoms with Crippen LogP contribution in [-0.2, 0) is 20.7 Å². The number of hydrogen-bond acceptors (Lipinski definition) is 3. The van der Waals surface area contributed by atoms with E-state index >= 15 is 0 Å². The molecular weight excluding hydrogens is 204 g/mol. The number of ether oxygens (including phenoxy) is 2. The Morgan fingerprint density at radius 2 is 2.12 bits per heavy atom. The lowest BCUT2D eigenvalue weighted by Crippen LogP contribution is -2.08. The minimum absolute atomic E-state index is 0.121. The van der Waals surface area contributed by atoms with Crippen LogP contribution < -0.4 is 0 Å². The van der Waals surface area contributed by atoms with E-state index in [2.05, 4.69) is 0 Å². The first-order valence-corrected chi connectivity index (χ1v) is 5.66. The van der Waals surface area contributed by atoms with E-state index in [0.29, 0.717) is 19.1 Å². The summed E-state index contributed by atoms with van der Waals surface area (Å²) >= 11 is 0. The predicted molar refractivity (Wildman–Crippen MR) is 60.1 cm³/mol. The second-order valence-electron chi connectivity index (χ2n) is 3.95. The number of carbonyl (C=O) groups excluding carboxylic acids is 1. The van der Waals surface area contributed by atoms with E-state index in [4.69, 9.17) is 9.47 Å². The standard InChI is InChI=1S/C13H16O3/c14-13(15-9-8-12-10-16-12)7-6-11-4-2-1-3-5-11/h1-5,12H,6-10H2. The molecule has 1 saturated heterocycles. The Bertz CT molecular complexity index is 330. The van der Waals surface area contributed by atoms with Gasteiger partial charge in [-0.05, 0) is 12.0 Å². The van der Waals surface area contributed by atoms with Crippen molar-refractivity contribution in [3.63, 3.8) is 0 Å².